The minimum Gasteiger partial charge on any atom is -0.315 e. The minimum atomic E-state index is -0.320. The number of nitrogens with one attached hydrogen (secondary N) is 1. The van der Waals surface area contributed by atoms with Gasteiger partial charge in [-0.15, -0.1) is 0 Å². The average molecular weight is 285 g/mol. The molecule has 0 bridgehead atoms. The molecule has 1 aromatic carbocycles. The maximum Gasteiger partial charge on any atom is 0.142 e. The quantitative estimate of drug-likeness (QED) is 0.805. The molecule has 0 aromatic heterocycles. The monoisotopic (exact) mass is 284 g/mol. The Morgan fingerprint density at radius 1 is 1.47 bits per heavy atom. The van der Waals surface area contributed by atoms with E-state index in [-0.39, 0.29) is 10.8 Å². The third-order valence-corrected chi connectivity index (χ3v) is 4.13. The van der Waals surface area contributed by atoms with Gasteiger partial charge in [0, 0.05) is 19.1 Å². The van der Waals surface area contributed by atoms with E-state index in [1.165, 1.54) is 18.9 Å². The van der Waals surface area contributed by atoms with Crippen LogP contribution in [0.1, 0.15) is 31.7 Å². The van der Waals surface area contributed by atoms with Crippen molar-refractivity contribution in [2.75, 3.05) is 19.6 Å². The second-order valence-electron chi connectivity index (χ2n) is 5.18. The lowest BCUT2D eigenvalue weighted by atomic mass is 10.1. The lowest BCUT2D eigenvalue weighted by Crippen LogP contribution is -2.37. The second kappa shape index (κ2) is 7.22. The van der Waals surface area contributed by atoms with Gasteiger partial charge in [-0.25, -0.2) is 4.39 Å². The lowest BCUT2D eigenvalue weighted by molar-refractivity contribution is 0.239. The Kier molecular flexibility index (Phi) is 5.61. The first-order valence-electron chi connectivity index (χ1n) is 7.10. The first-order valence-corrected chi connectivity index (χ1v) is 7.47. The van der Waals surface area contributed by atoms with Crippen molar-refractivity contribution in [3.63, 3.8) is 0 Å². The highest BCUT2D eigenvalue weighted by Crippen LogP contribution is 2.25. The largest absolute Gasteiger partial charge is 0.315 e. The van der Waals surface area contributed by atoms with Crippen LogP contribution in [0.4, 0.5) is 4.39 Å². The van der Waals surface area contributed by atoms with E-state index in [0.29, 0.717) is 6.04 Å². The second-order valence-corrected chi connectivity index (χ2v) is 5.56. The molecule has 1 aliphatic rings. The molecule has 0 spiro atoms. The highest BCUT2D eigenvalue weighted by molar-refractivity contribution is 6.31. The molecule has 106 valence electrons. The maximum atomic E-state index is 13.4. The first kappa shape index (κ1) is 14.8. The lowest BCUT2D eigenvalue weighted by Gasteiger charge is -2.25. The van der Waals surface area contributed by atoms with Crippen molar-refractivity contribution < 1.29 is 4.39 Å². The smallest absolute Gasteiger partial charge is 0.142 e. The highest BCUT2D eigenvalue weighted by atomic mass is 35.5. The van der Waals surface area contributed by atoms with E-state index in [4.69, 9.17) is 11.6 Å². The average Bonchev–Trinajstić information content (AvgIpc) is 2.83. The molecule has 1 N–H and O–H groups in total. The van der Waals surface area contributed by atoms with Crippen LogP contribution in [0.25, 0.3) is 0 Å². The van der Waals surface area contributed by atoms with Gasteiger partial charge in [0.1, 0.15) is 5.82 Å². The van der Waals surface area contributed by atoms with Crippen molar-refractivity contribution >= 4 is 11.6 Å². The summed E-state index contributed by atoms with van der Waals surface area (Å²) < 4.78 is 13.4. The Morgan fingerprint density at radius 2 is 2.32 bits per heavy atom. The Balaban J connectivity index is 1.95. The van der Waals surface area contributed by atoms with Crippen LogP contribution in [0, 0.1) is 5.82 Å². The number of rotatable bonds is 6. The number of hydrogen-bond donors (Lipinski definition) is 1. The van der Waals surface area contributed by atoms with Crippen molar-refractivity contribution in [2.24, 2.45) is 0 Å². The molecule has 1 atom stereocenters. The molecule has 1 saturated heterocycles. The molecule has 1 aromatic rings. The molecule has 1 heterocycles. The van der Waals surface area contributed by atoms with Gasteiger partial charge in [-0.05, 0) is 44.0 Å². The summed E-state index contributed by atoms with van der Waals surface area (Å²) in [6, 6.07) is 5.61. The predicted octanol–water partition coefficient (Wildman–Crippen LogP) is 3.44. The molecule has 0 radical (unpaired) electrons. The first-order chi connectivity index (χ1) is 9.22. The van der Waals surface area contributed by atoms with Crippen LogP contribution in [0.15, 0.2) is 18.2 Å². The molecule has 2 nitrogen and oxygen atoms in total. The summed E-state index contributed by atoms with van der Waals surface area (Å²) in [5, 5.41) is 3.74. The fraction of sp³-hybridized carbons (Fsp3) is 0.600. The molecule has 1 aliphatic heterocycles. The van der Waals surface area contributed by atoms with E-state index in [9.17, 15) is 4.39 Å². The van der Waals surface area contributed by atoms with E-state index in [1.807, 2.05) is 6.07 Å². The molecular weight excluding hydrogens is 263 g/mol. The third-order valence-electron chi connectivity index (χ3n) is 3.71. The van der Waals surface area contributed by atoms with Crippen LogP contribution in [0.3, 0.4) is 0 Å². The maximum absolute atomic E-state index is 13.4. The van der Waals surface area contributed by atoms with Crippen LogP contribution in [0.2, 0.25) is 5.02 Å². The van der Waals surface area contributed by atoms with Gasteiger partial charge in [0.25, 0.3) is 0 Å². The number of nitrogens with zero attached hydrogens (tertiary/aromatic N) is 1. The van der Waals surface area contributed by atoms with Gasteiger partial charge in [-0.1, -0.05) is 30.7 Å². The standard InChI is InChI=1S/C15H22ClFN2/c1-2-8-18-10-13-6-4-9-19(13)11-12-5-3-7-14(17)15(12)16/h3,5,7,13,18H,2,4,6,8-11H2,1H3. The molecule has 19 heavy (non-hydrogen) atoms. The summed E-state index contributed by atoms with van der Waals surface area (Å²) in [5.41, 5.74) is 0.893. The van der Waals surface area contributed by atoms with E-state index < -0.39 is 0 Å². The zero-order valence-corrected chi connectivity index (χ0v) is 12.2. The van der Waals surface area contributed by atoms with Gasteiger partial charge in [0.2, 0.25) is 0 Å². The Bertz CT molecular complexity index is 411. The Morgan fingerprint density at radius 3 is 3.11 bits per heavy atom. The van der Waals surface area contributed by atoms with Crippen LogP contribution in [-0.4, -0.2) is 30.6 Å². The van der Waals surface area contributed by atoms with Crippen molar-refractivity contribution in [1.82, 2.24) is 10.2 Å². The van der Waals surface area contributed by atoms with E-state index in [0.717, 1.165) is 38.2 Å². The van der Waals surface area contributed by atoms with Crippen molar-refractivity contribution in [1.29, 1.82) is 0 Å². The van der Waals surface area contributed by atoms with Crippen LogP contribution < -0.4 is 5.32 Å². The van der Waals surface area contributed by atoms with Crippen molar-refractivity contribution in [3.05, 3.63) is 34.6 Å². The SMILES string of the molecule is CCCNCC1CCCN1Cc1cccc(F)c1Cl. The highest BCUT2D eigenvalue weighted by Gasteiger charge is 2.24. The molecule has 2 rings (SSSR count). The van der Waals surface area contributed by atoms with Gasteiger partial charge in [0.05, 0.1) is 5.02 Å². The zero-order chi connectivity index (χ0) is 13.7. The summed E-state index contributed by atoms with van der Waals surface area (Å²) in [5.74, 6) is -0.320. The summed E-state index contributed by atoms with van der Waals surface area (Å²) in [7, 11) is 0. The summed E-state index contributed by atoms with van der Waals surface area (Å²) in [4.78, 5) is 2.41. The van der Waals surface area contributed by atoms with Gasteiger partial charge in [-0.2, -0.15) is 0 Å². The Hall–Kier alpha value is -0.640. The molecule has 1 unspecified atom stereocenters. The predicted molar refractivity (Wildman–Crippen MR) is 78.0 cm³/mol. The number of likely N-dealkylation sites (tertiary alicyclic amines) is 1. The number of halogens is 2. The van der Waals surface area contributed by atoms with Crippen molar-refractivity contribution in [2.45, 2.75) is 38.8 Å². The van der Waals surface area contributed by atoms with Gasteiger partial charge in [0.15, 0.2) is 0 Å². The Labute approximate surface area is 119 Å². The molecule has 0 saturated carbocycles. The molecule has 0 aliphatic carbocycles. The topological polar surface area (TPSA) is 15.3 Å². The zero-order valence-electron chi connectivity index (χ0n) is 11.5. The van der Waals surface area contributed by atoms with Gasteiger partial charge in [-0.3, -0.25) is 4.90 Å². The van der Waals surface area contributed by atoms with Gasteiger partial charge >= 0.3 is 0 Å². The van der Waals surface area contributed by atoms with E-state index in [1.54, 1.807) is 6.07 Å². The fourth-order valence-electron chi connectivity index (χ4n) is 2.67. The molecular formula is C15H22ClFN2. The third kappa shape index (κ3) is 3.91. The summed E-state index contributed by atoms with van der Waals surface area (Å²) in [6.07, 6.45) is 3.58. The van der Waals surface area contributed by atoms with E-state index >= 15 is 0 Å². The summed E-state index contributed by atoms with van der Waals surface area (Å²) >= 11 is 6.03. The minimum absolute atomic E-state index is 0.273. The van der Waals surface area contributed by atoms with Crippen LogP contribution >= 0.6 is 11.6 Å². The number of benzene rings is 1. The van der Waals surface area contributed by atoms with Crippen molar-refractivity contribution in [3.8, 4) is 0 Å². The summed E-state index contributed by atoms with van der Waals surface area (Å²) in [6.45, 7) is 6.07. The van der Waals surface area contributed by atoms with Crippen LogP contribution in [0.5, 0.6) is 0 Å². The normalized spacial score (nSPS) is 20.1. The fourth-order valence-corrected chi connectivity index (χ4v) is 2.86. The van der Waals surface area contributed by atoms with Gasteiger partial charge < -0.3 is 5.32 Å². The number of hydrogen-bond acceptors (Lipinski definition) is 2. The van der Waals surface area contributed by atoms with E-state index in [2.05, 4.69) is 17.1 Å². The molecule has 4 heteroatoms. The molecule has 0 amide bonds. The van der Waals surface area contributed by atoms with Crippen LogP contribution in [-0.2, 0) is 6.54 Å². The molecule has 1 fully saturated rings.